The molecule has 2 aromatic rings. The first-order valence-corrected chi connectivity index (χ1v) is 5.79. The van der Waals surface area contributed by atoms with E-state index in [1.54, 1.807) is 25.1 Å². The molecular weight excluding hydrogens is 231 g/mol. The number of aliphatic hydroxyl groups is 1. The number of aliphatic hydroxyl groups excluding tert-OH is 1. The van der Waals surface area contributed by atoms with Crippen LogP contribution in [0.4, 0.5) is 4.39 Å². The molecule has 1 N–H and O–H groups in total. The third-order valence-electron chi connectivity index (χ3n) is 2.75. The average molecular weight is 246 g/mol. The van der Waals surface area contributed by atoms with Crippen LogP contribution in [-0.4, -0.2) is 5.11 Å². The van der Waals surface area contributed by atoms with E-state index in [-0.39, 0.29) is 5.75 Å². The normalized spacial score (nSPS) is 12.2. The fourth-order valence-corrected chi connectivity index (χ4v) is 1.74. The lowest BCUT2D eigenvalue weighted by atomic mass is 10.1. The molecule has 18 heavy (non-hydrogen) atoms. The van der Waals surface area contributed by atoms with Crippen LogP contribution in [0.25, 0.3) is 0 Å². The van der Waals surface area contributed by atoms with Gasteiger partial charge in [-0.05, 0) is 31.5 Å². The smallest absolute Gasteiger partial charge is 0.168 e. The zero-order valence-corrected chi connectivity index (χ0v) is 10.4. The molecule has 0 aromatic heterocycles. The van der Waals surface area contributed by atoms with Crippen molar-refractivity contribution < 1.29 is 14.2 Å². The van der Waals surface area contributed by atoms with Gasteiger partial charge in [-0.2, -0.15) is 0 Å². The first-order valence-electron chi connectivity index (χ1n) is 5.79. The molecule has 94 valence electrons. The summed E-state index contributed by atoms with van der Waals surface area (Å²) >= 11 is 0. The van der Waals surface area contributed by atoms with Crippen molar-refractivity contribution >= 4 is 0 Å². The zero-order chi connectivity index (χ0) is 13.1. The first-order chi connectivity index (χ1) is 8.59. The van der Waals surface area contributed by atoms with Crippen LogP contribution in [0.5, 0.6) is 11.5 Å². The lowest BCUT2D eigenvalue weighted by Gasteiger charge is -2.15. The van der Waals surface area contributed by atoms with E-state index in [4.69, 9.17) is 4.74 Å². The van der Waals surface area contributed by atoms with Crippen molar-refractivity contribution in [1.82, 2.24) is 0 Å². The van der Waals surface area contributed by atoms with Crippen LogP contribution in [0.15, 0.2) is 42.5 Å². The van der Waals surface area contributed by atoms with E-state index in [1.807, 2.05) is 25.1 Å². The van der Waals surface area contributed by atoms with E-state index in [9.17, 15) is 9.50 Å². The summed E-state index contributed by atoms with van der Waals surface area (Å²) in [6.07, 6.45) is -0.778. The maximum atomic E-state index is 13.8. The monoisotopic (exact) mass is 246 g/mol. The summed E-state index contributed by atoms with van der Waals surface area (Å²) < 4.78 is 19.4. The Morgan fingerprint density at radius 3 is 2.50 bits per heavy atom. The van der Waals surface area contributed by atoms with E-state index < -0.39 is 11.9 Å². The standard InChI is InChI=1S/C15H15FO2/c1-10-6-3-4-9-14(10)18-15-12(11(2)17)7-5-8-13(15)16/h3-9,11,17H,1-2H3/t11-/m0/s1. The Kier molecular flexibility index (Phi) is 3.63. The summed E-state index contributed by atoms with van der Waals surface area (Å²) in [5.74, 6) is 0.197. The topological polar surface area (TPSA) is 29.5 Å². The molecular formula is C15H15FO2. The van der Waals surface area contributed by atoms with Crippen molar-refractivity contribution in [1.29, 1.82) is 0 Å². The van der Waals surface area contributed by atoms with Crippen LogP contribution in [0.2, 0.25) is 0 Å². The summed E-state index contributed by atoms with van der Waals surface area (Å²) in [6.45, 7) is 3.47. The van der Waals surface area contributed by atoms with Crippen LogP contribution in [0, 0.1) is 12.7 Å². The van der Waals surface area contributed by atoms with Crippen LogP contribution in [-0.2, 0) is 0 Å². The van der Waals surface area contributed by atoms with Crippen LogP contribution in [0.1, 0.15) is 24.2 Å². The van der Waals surface area contributed by atoms with Gasteiger partial charge in [0, 0.05) is 5.56 Å². The molecule has 0 bridgehead atoms. The van der Waals surface area contributed by atoms with E-state index in [0.717, 1.165) is 5.56 Å². The Morgan fingerprint density at radius 2 is 1.83 bits per heavy atom. The number of rotatable bonds is 3. The Labute approximate surface area is 106 Å². The molecule has 2 rings (SSSR count). The van der Waals surface area contributed by atoms with Gasteiger partial charge in [0.15, 0.2) is 11.6 Å². The molecule has 2 nitrogen and oxygen atoms in total. The predicted molar refractivity (Wildman–Crippen MR) is 68.3 cm³/mol. The Morgan fingerprint density at radius 1 is 1.11 bits per heavy atom. The summed E-state index contributed by atoms with van der Waals surface area (Å²) in [4.78, 5) is 0. The van der Waals surface area contributed by atoms with Gasteiger partial charge in [-0.15, -0.1) is 0 Å². The third kappa shape index (κ3) is 2.51. The molecule has 0 unspecified atom stereocenters. The second kappa shape index (κ2) is 5.19. The fraction of sp³-hybridized carbons (Fsp3) is 0.200. The van der Waals surface area contributed by atoms with Crippen LogP contribution >= 0.6 is 0 Å². The lowest BCUT2D eigenvalue weighted by molar-refractivity contribution is 0.194. The average Bonchev–Trinajstić information content (AvgIpc) is 2.34. The molecule has 3 heteroatoms. The van der Waals surface area contributed by atoms with Crippen molar-refractivity contribution in [3.8, 4) is 11.5 Å². The zero-order valence-electron chi connectivity index (χ0n) is 10.4. The van der Waals surface area contributed by atoms with Gasteiger partial charge in [0.2, 0.25) is 0 Å². The minimum absolute atomic E-state index is 0.0850. The number of hydrogen-bond acceptors (Lipinski definition) is 2. The number of aryl methyl sites for hydroxylation is 1. The number of para-hydroxylation sites is 2. The van der Waals surface area contributed by atoms with Gasteiger partial charge >= 0.3 is 0 Å². The molecule has 0 radical (unpaired) electrons. The van der Waals surface area contributed by atoms with Gasteiger partial charge in [0.25, 0.3) is 0 Å². The third-order valence-corrected chi connectivity index (χ3v) is 2.75. The minimum atomic E-state index is -0.778. The Balaban J connectivity index is 2.43. The number of ether oxygens (including phenoxy) is 1. The predicted octanol–water partition coefficient (Wildman–Crippen LogP) is 3.98. The fourth-order valence-electron chi connectivity index (χ4n) is 1.74. The summed E-state index contributed by atoms with van der Waals surface area (Å²) in [7, 11) is 0. The van der Waals surface area contributed by atoms with E-state index in [2.05, 4.69) is 0 Å². The SMILES string of the molecule is Cc1ccccc1Oc1c(F)cccc1[C@H](C)O. The van der Waals surface area contributed by atoms with Gasteiger partial charge in [-0.3, -0.25) is 0 Å². The van der Waals surface area contributed by atoms with Crippen LogP contribution in [0.3, 0.4) is 0 Å². The van der Waals surface area contributed by atoms with Crippen molar-refractivity contribution in [2.45, 2.75) is 20.0 Å². The van der Waals surface area contributed by atoms with Crippen molar-refractivity contribution in [2.24, 2.45) is 0 Å². The van der Waals surface area contributed by atoms with Crippen molar-refractivity contribution in [3.05, 3.63) is 59.4 Å². The van der Waals surface area contributed by atoms with E-state index in [1.165, 1.54) is 6.07 Å². The van der Waals surface area contributed by atoms with Crippen molar-refractivity contribution in [2.75, 3.05) is 0 Å². The molecule has 0 heterocycles. The number of benzene rings is 2. The summed E-state index contributed by atoms with van der Waals surface area (Å²) in [6, 6.07) is 11.9. The maximum Gasteiger partial charge on any atom is 0.168 e. The van der Waals surface area contributed by atoms with Gasteiger partial charge in [0.1, 0.15) is 5.75 Å². The highest BCUT2D eigenvalue weighted by Crippen LogP contribution is 2.33. The molecule has 0 aliphatic carbocycles. The molecule has 0 saturated heterocycles. The summed E-state index contributed by atoms with van der Waals surface area (Å²) in [5, 5.41) is 9.63. The second-order valence-corrected chi connectivity index (χ2v) is 4.20. The Bertz CT molecular complexity index is 550. The van der Waals surface area contributed by atoms with Gasteiger partial charge in [0.05, 0.1) is 6.10 Å². The lowest BCUT2D eigenvalue weighted by Crippen LogP contribution is -1.99. The summed E-state index contributed by atoms with van der Waals surface area (Å²) in [5.41, 5.74) is 1.36. The Hall–Kier alpha value is -1.87. The molecule has 0 saturated carbocycles. The molecule has 2 aromatic carbocycles. The second-order valence-electron chi connectivity index (χ2n) is 4.20. The molecule has 0 fully saturated rings. The van der Waals surface area contributed by atoms with E-state index in [0.29, 0.717) is 11.3 Å². The quantitative estimate of drug-likeness (QED) is 0.887. The highest BCUT2D eigenvalue weighted by molar-refractivity contribution is 5.42. The first kappa shape index (κ1) is 12.6. The largest absolute Gasteiger partial charge is 0.454 e. The highest BCUT2D eigenvalue weighted by atomic mass is 19.1. The molecule has 1 atom stereocenters. The van der Waals surface area contributed by atoms with Crippen molar-refractivity contribution in [3.63, 3.8) is 0 Å². The van der Waals surface area contributed by atoms with Gasteiger partial charge < -0.3 is 9.84 Å². The maximum absolute atomic E-state index is 13.8. The molecule has 0 aliphatic heterocycles. The van der Waals surface area contributed by atoms with Gasteiger partial charge in [-0.1, -0.05) is 30.3 Å². The number of hydrogen-bond donors (Lipinski definition) is 1. The van der Waals surface area contributed by atoms with Gasteiger partial charge in [-0.25, -0.2) is 4.39 Å². The molecule has 0 aliphatic rings. The molecule has 0 spiro atoms. The number of halogens is 1. The highest BCUT2D eigenvalue weighted by Gasteiger charge is 2.15. The van der Waals surface area contributed by atoms with E-state index >= 15 is 0 Å². The minimum Gasteiger partial charge on any atom is -0.454 e. The molecule has 0 amide bonds. The van der Waals surface area contributed by atoms with Crippen LogP contribution < -0.4 is 4.74 Å².